The van der Waals surface area contributed by atoms with Crippen molar-refractivity contribution in [2.24, 2.45) is 5.92 Å². The van der Waals surface area contributed by atoms with E-state index in [1.807, 2.05) is 23.9 Å². The van der Waals surface area contributed by atoms with Gasteiger partial charge >= 0.3 is 0 Å². The lowest BCUT2D eigenvalue weighted by Crippen LogP contribution is -2.38. The molecule has 3 rings (SSSR count). The van der Waals surface area contributed by atoms with E-state index in [1.54, 1.807) is 0 Å². The molecule has 0 aromatic heterocycles. The Labute approximate surface area is 167 Å². The van der Waals surface area contributed by atoms with Crippen molar-refractivity contribution in [3.05, 3.63) is 65.2 Å². The van der Waals surface area contributed by atoms with Crippen LogP contribution in [0.4, 0.5) is 0 Å². The van der Waals surface area contributed by atoms with Crippen LogP contribution in [-0.4, -0.2) is 36.7 Å². The summed E-state index contributed by atoms with van der Waals surface area (Å²) < 4.78 is 0. The summed E-state index contributed by atoms with van der Waals surface area (Å²) in [4.78, 5) is 16.1. The van der Waals surface area contributed by atoms with Crippen LogP contribution in [0.25, 0.3) is 0 Å². The van der Waals surface area contributed by atoms with E-state index < -0.39 is 0 Å². The summed E-state index contributed by atoms with van der Waals surface area (Å²) in [5.74, 6) is 0.732. The monoisotopic (exact) mass is 382 g/mol. The fourth-order valence-electron chi connectivity index (χ4n) is 3.75. The van der Waals surface area contributed by atoms with Crippen molar-refractivity contribution in [1.82, 2.24) is 10.2 Å². The average molecular weight is 383 g/mol. The molecule has 1 heterocycles. The van der Waals surface area contributed by atoms with E-state index in [2.05, 4.69) is 59.8 Å². The first kappa shape index (κ1) is 20.0. The Morgan fingerprint density at radius 1 is 1.15 bits per heavy atom. The van der Waals surface area contributed by atoms with Gasteiger partial charge in [0.15, 0.2) is 0 Å². The molecule has 1 aliphatic rings. The normalized spacial score (nSPS) is 15.6. The minimum absolute atomic E-state index is 0.136. The molecular weight excluding hydrogens is 352 g/mol. The number of rotatable bonds is 7. The minimum atomic E-state index is 0.136. The van der Waals surface area contributed by atoms with Gasteiger partial charge in [-0.2, -0.15) is 0 Å². The Hall–Kier alpha value is -1.78. The summed E-state index contributed by atoms with van der Waals surface area (Å²) in [5, 5.41) is 3.14. The molecule has 0 spiro atoms. The Balaban J connectivity index is 1.40. The lowest BCUT2D eigenvalue weighted by Gasteiger charge is -2.32. The number of nitrogens with one attached hydrogen (secondary N) is 1. The van der Waals surface area contributed by atoms with Crippen LogP contribution >= 0.6 is 11.8 Å². The molecule has 0 unspecified atom stereocenters. The Morgan fingerprint density at radius 3 is 2.67 bits per heavy atom. The van der Waals surface area contributed by atoms with Crippen LogP contribution in [0, 0.1) is 12.8 Å². The zero-order valence-electron chi connectivity index (χ0n) is 16.4. The Morgan fingerprint density at radius 2 is 1.93 bits per heavy atom. The first-order chi connectivity index (χ1) is 13.1. The average Bonchev–Trinajstić information content (AvgIpc) is 2.68. The third kappa shape index (κ3) is 6.12. The van der Waals surface area contributed by atoms with E-state index in [4.69, 9.17) is 0 Å². The summed E-state index contributed by atoms with van der Waals surface area (Å²) in [6, 6.07) is 16.9. The number of hydrogen-bond donors (Lipinski definition) is 1. The van der Waals surface area contributed by atoms with E-state index in [0.29, 0.717) is 12.3 Å². The van der Waals surface area contributed by atoms with Crippen LogP contribution in [0.1, 0.15) is 29.5 Å². The van der Waals surface area contributed by atoms with Crippen molar-refractivity contribution in [2.45, 2.75) is 37.6 Å². The molecule has 4 heteroatoms. The quantitative estimate of drug-likeness (QED) is 0.725. The third-order valence-electron chi connectivity index (χ3n) is 5.33. The topological polar surface area (TPSA) is 32.3 Å². The number of likely N-dealkylation sites (tertiary alicyclic amines) is 1. The van der Waals surface area contributed by atoms with Crippen molar-refractivity contribution >= 4 is 17.7 Å². The zero-order chi connectivity index (χ0) is 19.1. The Bertz CT molecular complexity index is 754. The molecule has 3 nitrogen and oxygen atoms in total. The molecule has 1 aliphatic heterocycles. The van der Waals surface area contributed by atoms with E-state index in [9.17, 15) is 4.79 Å². The number of amides is 1. The fourth-order valence-corrected chi connectivity index (χ4v) is 4.36. The van der Waals surface area contributed by atoms with Gasteiger partial charge in [0.1, 0.15) is 0 Å². The number of thioether (sulfide) groups is 1. The van der Waals surface area contributed by atoms with Crippen LogP contribution < -0.4 is 5.32 Å². The third-order valence-corrected chi connectivity index (χ3v) is 6.17. The van der Waals surface area contributed by atoms with Gasteiger partial charge in [-0.1, -0.05) is 48.0 Å². The number of benzene rings is 2. The molecule has 2 aromatic carbocycles. The summed E-state index contributed by atoms with van der Waals surface area (Å²) >= 11 is 1.82. The van der Waals surface area contributed by atoms with Crippen LogP contribution in [0.5, 0.6) is 0 Å². The second-order valence-electron chi connectivity index (χ2n) is 7.50. The van der Waals surface area contributed by atoms with Crippen molar-refractivity contribution in [3.8, 4) is 0 Å². The highest BCUT2D eigenvalue weighted by molar-refractivity contribution is 7.98. The first-order valence-corrected chi connectivity index (χ1v) is 11.0. The number of nitrogens with zero attached hydrogens (tertiary/aromatic N) is 1. The number of carbonyl (C=O) groups is 1. The maximum absolute atomic E-state index is 12.2. The molecule has 1 saturated heterocycles. The van der Waals surface area contributed by atoms with Gasteiger partial charge < -0.3 is 5.32 Å². The molecule has 0 bridgehead atoms. The molecule has 27 heavy (non-hydrogen) atoms. The first-order valence-electron chi connectivity index (χ1n) is 9.80. The van der Waals surface area contributed by atoms with Crippen molar-refractivity contribution in [1.29, 1.82) is 0 Å². The highest BCUT2D eigenvalue weighted by Crippen LogP contribution is 2.24. The number of aryl methyl sites for hydroxylation is 1. The molecule has 1 amide bonds. The van der Waals surface area contributed by atoms with Gasteiger partial charge in [-0.05, 0) is 62.2 Å². The van der Waals surface area contributed by atoms with Crippen LogP contribution in [0.2, 0.25) is 0 Å². The summed E-state index contributed by atoms with van der Waals surface area (Å²) in [6.45, 7) is 6.12. The standard InChI is InChI=1S/C23H30N2OS/c1-18-6-5-7-20(14-18)15-23(26)24-16-19-10-12-25(13-11-19)17-21-8-3-4-9-22(21)27-2/h3-9,14,19H,10-13,15-17H2,1-2H3,(H,24,26). The number of carbonyl (C=O) groups excluding carboxylic acids is 1. The van der Waals surface area contributed by atoms with Gasteiger partial charge in [0.25, 0.3) is 0 Å². The molecular formula is C23H30N2OS. The van der Waals surface area contributed by atoms with E-state index in [-0.39, 0.29) is 5.91 Å². The van der Waals surface area contributed by atoms with Crippen molar-refractivity contribution < 1.29 is 4.79 Å². The van der Waals surface area contributed by atoms with E-state index >= 15 is 0 Å². The summed E-state index contributed by atoms with van der Waals surface area (Å²) in [5.41, 5.74) is 3.72. The molecule has 144 valence electrons. The predicted octanol–water partition coefficient (Wildman–Crippen LogP) is 4.29. The summed E-state index contributed by atoms with van der Waals surface area (Å²) in [7, 11) is 0. The molecule has 0 atom stereocenters. The maximum Gasteiger partial charge on any atom is 0.224 e. The maximum atomic E-state index is 12.2. The van der Waals surface area contributed by atoms with Crippen LogP contribution in [0.15, 0.2) is 53.4 Å². The van der Waals surface area contributed by atoms with E-state index in [0.717, 1.165) is 44.6 Å². The van der Waals surface area contributed by atoms with Crippen molar-refractivity contribution in [2.75, 3.05) is 25.9 Å². The van der Waals surface area contributed by atoms with Crippen LogP contribution in [0.3, 0.4) is 0 Å². The molecule has 0 saturated carbocycles. The predicted molar refractivity (Wildman–Crippen MR) is 114 cm³/mol. The Kier molecular flexibility index (Phi) is 7.36. The minimum Gasteiger partial charge on any atom is -0.356 e. The van der Waals surface area contributed by atoms with Gasteiger partial charge in [-0.25, -0.2) is 0 Å². The van der Waals surface area contributed by atoms with E-state index in [1.165, 1.54) is 16.0 Å². The van der Waals surface area contributed by atoms with Gasteiger partial charge in [-0.15, -0.1) is 11.8 Å². The fraction of sp³-hybridized carbons (Fsp3) is 0.435. The SMILES string of the molecule is CSc1ccccc1CN1CCC(CNC(=O)Cc2cccc(C)c2)CC1. The van der Waals surface area contributed by atoms with Gasteiger partial charge in [0.05, 0.1) is 6.42 Å². The van der Waals surface area contributed by atoms with Crippen LogP contribution in [-0.2, 0) is 17.8 Å². The number of piperidine rings is 1. The highest BCUT2D eigenvalue weighted by Gasteiger charge is 2.20. The van der Waals surface area contributed by atoms with Gasteiger partial charge in [-0.3, -0.25) is 9.69 Å². The lowest BCUT2D eigenvalue weighted by atomic mass is 9.96. The molecule has 1 fully saturated rings. The molecule has 0 aliphatic carbocycles. The smallest absolute Gasteiger partial charge is 0.224 e. The second kappa shape index (κ2) is 9.95. The highest BCUT2D eigenvalue weighted by atomic mass is 32.2. The summed E-state index contributed by atoms with van der Waals surface area (Å²) in [6.07, 6.45) is 4.94. The molecule has 1 N–H and O–H groups in total. The van der Waals surface area contributed by atoms with Gasteiger partial charge in [0, 0.05) is 18.0 Å². The second-order valence-corrected chi connectivity index (χ2v) is 8.35. The molecule has 0 radical (unpaired) electrons. The molecule has 2 aromatic rings. The largest absolute Gasteiger partial charge is 0.356 e. The number of hydrogen-bond acceptors (Lipinski definition) is 3. The van der Waals surface area contributed by atoms with Gasteiger partial charge in [0.2, 0.25) is 5.91 Å². The van der Waals surface area contributed by atoms with Crippen molar-refractivity contribution in [3.63, 3.8) is 0 Å². The zero-order valence-corrected chi connectivity index (χ0v) is 17.2. The lowest BCUT2D eigenvalue weighted by molar-refractivity contribution is -0.120.